The van der Waals surface area contributed by atoms with Gasteiger partial charge in [-0.1, -0.05) is 53.0 Å². The molecule has 4 rings (SSSR count). The Morgan fingerprint density at radius 3 is 2.30 bits per heavy atom. The van der Waals surface area contributed by atoms with Gasteiger partial charge in [-0.3, -0.25) is 9.48 Å². The lowest BCUT2D eigenvalue weighted by Crippen LogP contribution is -2.13. The normalized spacial score (nSPS) is 10.8. The highest BCUT2D eigenvalue weighted by Gasteiger charge is 2.13. The Kier molecular flexibility index (Phi) is 7.18. The first-order valence-electron chi connectivity index (χ1n) is 9.83. The Labute approximate surface area is 204 Å². The van der Waals surface area contributed by atoms with Crippen LogP contribution in [0.4, 0.5) is 10.2 Å². The highest BCUT2D eigenvalue weighted by Crippen LogP contribution is 2.25. The number of amides is 1. The number of carbonyl (C=O) groups excluding carboxylic acids is 1. The summed E-state index contributed by atoms with van der Waals surface area (Å²) in [7, 11) is 0. The molecule has 33 heavy (non-hydrogen) atoms. The minimum atomic E-state index is -0.345. The number of nitrogens with zero attached hydrogens (tertiary/aromatic N) is 2. The lowest BCUT2D eigenvalue weighted by Gasteiger charge is -2.07. The minimum absolute atomic E-state index is 0.255. The number of hydrogen-bond acceptors (Lipinski definition) is 3. The average molecular weight is 505 g/mol. The molecule has 0 aliphatic heterocycles. The third-order valence-electron chi connectivity index (χ3n) is 4.71. The molecule has 168 valence electrons. The van der Waals surface area contributed by atoms with E-state index >= 15 is 0 Å². The summed E-state index contributed by atoms with van der Waals surface area (Å²) >= 11 is 18.2. The van der Waals surface area contributed by atoms with E-state index in [1.54, 1.807) is 59.4 Å². The standard InChI is InChI=1S/C24H17Cl3FN3O2/c25-20-10-3-16(11-21(20)26)12-31-13-22(27)23(30-31)29-24(32)17-4-1-15(2-5-17)14-33-19-8-6-18(28)7-9-19/h1-11,13H,12,14H2,(H,29,30,32). The predicted molar refractivity (Wildman–Crippen MR) is 128 cm³/mol. The van der Waals surface area contributed by atoms with Gasteiger partial charge in [0.15, 0.2) is 5.82 Å². The summed E-state index contributed by atoms with van der Waals surface area (Å²) in [6.07, 6.45) is 1.62. The molecular weight excluding hydrogens is 488 g/mol. The van der Waals surface area contributed by atoms with Gasteiger partial charge in [0, 0.05) is 11.8 Å². The van der Waals surface area contributed by atoms with Crippen molar-refractivity contribution >= 4 is 46.5 Å². The summed E-state index contributed by atoms with van der Waals surface area (Å²) in [5.41, 5.74) is 2.19. The lowest BCUT2D eigenvalue weighted by molar-refractivity contribution is 0.102. The first-order valence-corrected chi connectivity index (χ1v) is 11.0. The summed E-state index contributed by atoms with van der Waals surface area (Å²) < 4.78 is 20.2. The van der Waals surface area contributed by atoms with Crippen molar-refractivity contribution in [3.63, 3.8) is 0 Å². The number of hydrogen-bond donors (Lipinski definition) is 1. The van der Waals surface area contributed by atoms with Crippen LogP contribution in [0, 0.1) is 5.82 Å². The van der Waals surface area contributed by atoms with Crippen LogP contribution < -0.4 is 10.1 Å². The van der Waals surface area contributed by atoms with E-state index in [1.807, 2.05) is 6.07 Å². The van der Waals surface area contributed by atoms with Crippen molar-refractivity contribution in [1.29, 1.82) is 0 Å². The van der Waals surface area contributed by atoms with Gasteiger partial charge in [0.05, 0.1) is 16.6 Å². The van der Waals surface area contributed by atoms with Crippen LogP contribution in [0.5, 0.6) is 5.75 Å². The molecule has 3 aromatic carbocycles. The van der Waals surface area contributed by atoms with E-state index in [2.05, 4.69) is 10.4 Å². The topological polar surface area (TPSA) is 56.2 Å². The van der Waals surface area contributed by atoms with Gasteiger partial charge in [0.25, 0.3) is 5.91 Å². The number of rotatable bonds is 7. The van der Waals surface area contributed by atoms with Crippen molar-refractivity contribution < 1.29 is 13.9 Å². The Bertz CT molecular complexity index is 1280. The zero-order valence-corrected chi connectivity index (χ0v) is 19.3. The van der Waals surface area contributed by atoms with Crippen molar-refractivity contribution in [2.24, 2.45) is 0 Å². The predicted octanol–water partition coefficient (Wildman–Crippen LogP) is 6.86. The van der Waals surface area contributed by atoms with Gasteiger partial charge in [-0.2, -0.15) is 5.10 Å². The van der Waals surface area contributed by atoms with Crippen LogP contribution in [0.1, 0.15) is 21.5 Å². The van der Waals surface area contributed by atoms with Gasteiger partial charge in [0.2, 0.25) is 0 Å². The summed E-state index contributed by atoms with van der Waals surface area (Å²) in [5, 5.41) is 8.29. The molecule has 0 saturated carbocycles. The lowest BCUT2D eigenvalue weighted by atomic mass is 10.1. The van der Waals surface area contributed by atoms with E-state index in [1.165, 1.54) is 12.1 Å². The number of anilines is 1. The van der Waals surface area contributed by atoms with Crippen molar-refractivity contribution in [1.82, 2.24) is 9.78 Å². The number of aromatic nitrogens is 2. The first kappa shape index (κ1) is 23.1. The smallest absolute Gasteiger partial charge is 0.256 e. The minimum Gasteiger partial charge on any atom is -0.489 e. The van der Waals surface area contributed by atoms with E-state index in [4.69, 9.17) is 39.5 Å². The van der Waals surface area contributed by atoms with Gasteiger partial charge in [-0.05, 0) is 59.7 Å². The van der Waals surface area contributed by atoms with Crippen LogP contribution in [-0.2, 0) is 13.2 Å². The van der Waals surface area contributed by atoms with Crippen LogP contribution in [0.2, 0.25) is 15.1 Å². The van der Waals surface area contributed by atoms with E-state index < -0.39 is 0 Å². The fourth-order valence-corrected chi connectivity index (χ4v) is 3.54. The highest BCUT2D eigenvalue weighted by atomic mass is 35.5. The Morgan fingerprint density at radius 1 is 0.909 bits per heavy atom. The molecule has 0 saturated heterocycles. The van der Waals surface area contributed by atoms with Crippen molar-refractivity contribution in [3.8, 4) is 5.75 Å². The Balaban J connectivity index is 1.36. The highest BCUT2D eigenvalue weighted by molar-refractivity contribution is 6.42. The molecule has 0 spiro atoms. The molecule has 9 heteroatoms. The maximum absolute atomic E-state index is 13.0. The van der Waals surface area contributed by atoms with E-state index in [9.17, 15) is 9.18 Å². The molecule has 0 fully saturated rings. The van der Waals surface area contributed by atoms with Crippen LogP contribution >= 0.6 is 34.8 Å². The van der Waals surface area contributed by atoms with E-state index in [-0.39, 0.29) is 17.5 Å². The summed E-state index contributed by atoms with van der Waals surface area (Å²) in [5.74, 6) is 0.148. The molecule has 0 aliphatic carbocycles. The molecule has 0 radical (unpaired) electrons. The van der Waals surface area contributed by atoms with Gasteiger partial charge < -0.3 is 10.1 Å². The molecule has 1 amide bonds. The number of carbonyl (C=O) groups is 1. The van der Waals surface area contributed by atoms with Crippen LogP contribution in [0.3, 0.4) is 0 Å². The average Bonchev–Trinajstić information content (AvgIpc) is 3.14. The molecule has 5 nitrogen and oxygen atoms in total. The number of benzene rings is 3. The molecule has 1 N–H and O–H groups in total. The quantitative estimate of drug-likeness (QED) is 0.299. The second-order valence-corrected chi connectivity index (χ2v) is 8.39. The second kappa shape index (κ2) is 10.3. The number of ether oxygens (including phenoxy) is 1. The molecule has 0 aliphatic rings. The largest absolute Gasteiger partial charge is 0.489 e. The van der Waals surface area contributed by atoms with E-state index in [0.717, 1.165) is 11.1 Å². The summed E-state index contributed by atoms with van der Waals surface area (Å²) in [6.45, 7) is 0.702. The Morgan fingerprint density at radius 2 is 1.61 bits per heavy atom. The zero-order valence-electron chi connectivity index (χ0n) is 17.1. The number of halogens is 4. The summed E-state index contributed by atoms with van der Waals surface area (Å²) in [4.78, 5) is 12.6. The number of nitrogens with one attached hydrogen (secondary N) is 1. The van der Waals surface area contributed by atoms with Crippen LogP contribution in [-0.4, -0.2) is 15.7 Å². The second-order valence-electron chi connectivity index (χ2n) is 7.17. The van der Waals surface area contributed by atoms with Gasteiger partial charge in [-0.25, -0.2) is 4.39 Å². The van der Waals surface area contributed by atoms with Crippen molar-refractivity contribution in [3.05, 3.63) is 111 Å². The molecule has 0 bridgehead atoms. The fraction of sp³-hybridized carbons (Fsp3) is 0.0833. The van der Waals surface area contributed by atoms with E-state index in [0.29, 0.717) is 39.5 Å². The maximum atomic E-state index is 13.0. The third kappa shape index (κ3) is 6.05. The molecule has 0 atom stereocenters. The van der Waals surface area contributed by atoms with Crippen molar-refractivity contribution in [2.45, 2.75) is 13.2 Å². The third-order valence-corrected chi connectivity index (χ3v) is 5.73. The molecule has 1 heterocycles. The van der Waals surface area contributed by atoms with Gasteiger partial charge in [-0.15, -0.1) is 0 Å². The zero-order chi connectivity index (χ0) is 23.4. The SMILES string of the molecule is O=C(Nc1nn(Cc2ccc(Cl)c(Cl)c2)cc1Cl)c1ccc(COc2ccc(F)cc2)cc1. The molecule has 0 unspecified atom stereocenters. The maximum Gasteiger partial charge on any atom is 0.256 e. The van der Waals surface area contributed by atoms with Crippen LogP contribution in [0.25, 0.3) is 0 Å². The molecule has 4 aromatic rings. The monoisotopic (exact) mass is 503 g/mol. The Hall–Kier alpha value is -3.06. The van der Waals surface area contributed by atoms with Gasteiger partial charge in [0.1, 0.15) is 23.2 Å². The first-order chi connectivity index (χ1) is 15.9. The van der Waals surface area contributed by atoms with Crippen LogP contribution in [0.15, 0.2) is 72.9 Å². The molecular formula is C24H17Cl3FN3O2. The summed E-state index contributed by atoms with van der Waals surface area (Å²) in [6, 6.07) is 18.0. The van der Waals surface area contributed by atoms with Gasteiger partial charge >= 0.3 is 0 Å². The fourth-order valence-electron chi connectivity index (χ4n) is 3.02. The van der Waals surface area contributed by atoms with Crippen molar-refractivity contribution in [2.75, 3.05) is 5.32 Å². The molecule has 1 aromatic heterocycles.